The van der Waals surface area contributed by atoms with Gasteiger partial charge in [0.1, 0.15) is 0 Å². The van der Waals surface area contributed by atoms with Gasteiger partial charge in [0.25, 0.3) is 0 Å². The van der Waals surface area contributed by atoms with Crippen molar-refractivity contribution in [3.8, 4) is 0 Å². The molecule has 102 valence electrons. The minimum absolute atomic E-state index is 0.201. The molecule has 1 heterocycles. The molecule has 19 heavy (non-hydrogen) atoms. The molecule has 2 rings (SSSR count). The van der Waals surface area contributed by atoms with E-state index in [0.717, 1.165) is 0 Å². The molecule has 1 aromatic carbocycles. The Morgan fingerprint density at radius 1 is 1.21 bits per heavy atom. The molecule has 0 unspecified atom stereocenters. The predicted molar refractivity (Wildman–Crippen MR) is 76.8 cm³/mol. The van der Waals surface area contributed by atoms with E-state index in [-0.39, 0.29) is 5.56 Å². The third-order valence-electron chi connectivity index (χ3n) is 3.75. The smallest absolute Gasteiger partial charge is 0.478 e. The highest BCUT2D eigenvalue weighted by Crippen LogP contribution is 2.36. The van der Waals surface area contributed by atoms with Crippen molar-refractivity contribution in [1.82, 2.24) is 0 Å². The fourth-order valence-electron chi connectivity index (χ4n) is 1.83. The van der Waals surface area contributed by atoms with Crippen LogP contribution in [0.2, 0.25) is 0 Å². The number of aromatic carboxylic acids is 1. The fraction of sp³-hybridized carbons (Fsp3) is 0.462. The summed E-state index contributed by atoms with van der Waals surface area (Å²) >= 11 is 3.22. The van der Waals surface area contributed by atoms with Crippen LogP contribution in [0.15, 0.2) is 22.7 Å². The van der Waals surface area contributed by atoms with Crippen molar-refractivity contribution < 1.29 is 19.2 Å². The molecule has 4 nitrogen and oxygen atoms in total. The molecule has 0 amide bonds. The zero-order valence-electron chi connectivity index (χ0n) is 11.4. The quantitative estimate of drug-likeness (QED) is 0.848. The van der Waals surface area contributed by atoms with Crippen LogP contribution >= 0.6 is 15.9 Å². The Kier molecular flexibility index (Phi) is 3.54. The van der Waals surface area contributed by atoms with Gasteiger partial charge in [0.2, 0.25) is 0 Å². The van der Waals surface area contributed by atoms with Crippen LogP contribution in [0.25, 0.3) is 0 Å². The van der Waals surface area contributed by atoms with Gasteiger partial charge >= 0.3 is 13.1 Å². The Labute approximate surface area is 121 Å². The normalized spacial score (nSPS) is 20.6. The molecule has 1 saturated heterocycles. The number of rotatable bonds is 2. The lowest BCUT2D eigenvalue weighted by molar-refractivity contribution is 0.00578. The van der Waals surface area contributed by atoms with Gasteiger partial charge < -0.3 is 14.4 Å². The first-order valence-corrected chi connectivity index (χ1v) is 6.82. The summed E-state index contributed by atoms with van der Waals surface area (Å²) in [7, 11) is -0.545. The van der Waals surface area contributed by atoms with Crippen LogP contribution in [0, 0.1) is 0 Å². The van der Waals surface area contributed by atoms with Gasteiger partial charge in [-0.1, -0.05) is 6.07 Å². The van der Waals surface area contributed by atoms with E-state index in [1.807, 2.05) is 27.7 Å². The molecule has 0 saturated carbocycles. The molecule has 1 fully saturated rings. The summed E-state index contributed by atoms with van der Waals surface area (Å²) in [5.74, 6) is -0.981. The van der Waals surface area contributed by atoms with E-state index in [1.165, 1.54) is 0 Å². The molecule has 1 aliphatic rings. The van der Waals surface area contributed by atoms with Crippen LogP contribution in [-0.4, -0.2) is 29.4 Å². The van der Waals surface area contributed by atoms with Gasteiger partial charge in [-0.15, -0.1) is 0 Å². The minimum Gasteiger partial charge on any atom is -0.478 e. The van der Waals surface area contributed by atoms with E-state index >= 15 is 0 Å². The van der Waals surface area contributed by atoms with E-state index in [2.05, 4.69) is 15.9 Å². The molecular weight excluding hydrogens is 311 g/mol. The van der Waals surface area contributed by atoms with Crippen molar-refractivity contribution in [3.05, 3.63) is 28.2 Å². The van der Waals surface area contributed by atoms with E-state index in [1.54, 1.807) is 18.2 Å². The first-order valence-electron chi connectivity index (χ1n) is 6.02. The molecule has 1 N–H and O–H groups in total. The summed E-state index contributed by atoms with van der Waals surface area (Å²) in [4.78, 5) is 11.1. The highest BCUT2D eigenvalue weighted by Gasteiger charge is 2.51. The molecule has 0 aliphatic carbocycles. The van der Waals surface area contributed by atoms with Crippen LogP contribution in [-0.2, 0) is 9.31 Å². The molecular formula is C13H16BBrO4. The number of carboxylic acids is 1. The van der Waals surface area contributed by atoms with E-state index in [0.29, 0.717) is 9.94 Å². The molecule has 6 heteroatoms. The molecule has 0 radical (unpaired) electrons. The molecule has 0 atom stereocenters. The number of hydrogen-bond acceptors (Lipinski definition) is 3. The van der Waals surface area contributed by atoms with Crippen LogP contribution < -0.4 is 5.46 Å². The molecule has 1 aromatic rings. The highest BCUT2D eigenvalue weighted by molar-refractivity contribution is 9.10. The average molecular weight is 327 g/mol. The van der Waals surface area contributed by atoms with Gasteiger partial charge in [-0.2, -0.15) is 0 Å². The zero-order chi connectivity index (χ0) is 14.4. The lowest BCUT2D eigenvalue weighted by atomic mass is 9.78. The van der Waals surface area contributed by atoms with Crippen molar-refractivity contribution in [2.45, 2.75) is 38.9 Å². The van der Waals surface area contributed by atoms with Crippen LogP contribution in [0.4, 0.5) is 0 Å². The van der Waals surface area contributed by atoms with E-state index in [4.69, 9.17) is 14.4 Å². The summed E-state index contributed by atoms with van der Waals surface area (Å²) in [5.41, 5.74) is 0.0360. The zero-order valence-corrected chi connectivity index (χ0v) is 12.9. The van der Waals surface area contributed by atoms with Gasteiger partial charge in [-0.25, -0.2) is 4.79 Å². The van der Waals surface area contributed by atoms with Gasteiger partial charge in [0.15, 0.2) is 0 Å². The third-order valence-corrected chi connectivity index (χ3v) is 4.44. The molecule has 0 spiro atoms. The number of hydrogen-bond donors (Lipinski definition) is 1. The molecule has 0 bridgehead atoms. The van der Waals surface area contributed by atoms with Gasteiger partial charge in [0.05, 0.1) is 16.8 Å². The van der Waals surface area contributed by atoms with Crippen LogP contribution in [0.3, 0.4) is 0 Å². The number of carboxylic acid groups (broad SMARTS) is 1. The fourth-order valence-corrected chi connectivity index (χ4v) is 2.25. The predicted octanol–water partition coefficient (Wildman–Crippen LogP) is 2.45. The first-order chi connectivity index (χ1) is 8.64. The van der Waals surface area contributed by atoms with Crippen LogP contribution in [0.1, 0.15) is 38.1 Å². The van der Waals surface area contributed by atoms with Crippen molar-refractivity contribution in [2.24, 2.45) is 0 Å². The summed E-state index contributed by atoms with van der Waals surface area (Å²) < 4.78 is 12.3. The number of benzene rings is 1. The van der Waals surface area contributed by atoms with Gasteiger partial charge in [-0.05, 0) is 61.2 Å². The number of carbonyl (C=O) groups is 1. The van der Waals surface area contributed by atoms with Crippen molar-refractivity contribution in [2.75, 3.05) is 0 Å². The molecule has 1 aliphatic heterocycles. The Morgan fingerprint density at radius 3 is 2.21 bits per heavy atom. The maximum atomic E-state index is 11.1. The minimum atomic E-state index is -0.981. The second-order valence-corrected chi connectivity index (χ2v) is 6.49. The lowest BCUT2D eigenvalue weighted by Crippen LogP contribution is -2.41. The van der Waals surface area contributed by atoms with Gasteiger partial charge in [-0.3, -0.25) is 0 Å². The Bertz CT molecular complexity index is 511. The highest BCUT2D eigenvalue weighted by atomic mass is 79.9. The lowest BCUT2D eigenvalue weighted by Gasteiger charge is -2.32. The van der Waals surface area contributed by atoms with Crippen molar-refractivity contribution >= 4 is 34.5 Å². The van der Waals surface area contributed by atoms with E-state index < -0.39 is 24.3 Å². The van der Waals surface area contributed by atoms with Crippen molar-refractivity contribution in [1.29, 1.82) is 0 Å². The maximum Gasteiger partial charge on any atom is 0.494 e. The standard InChI is InChI=1S/C13H16BBrO4/c1-12(2)13(3,4)19-14(18-12)8-5-6-10(15)9(7-8)11(16)17/h5-7H,1-4H3,(H,16,17). The summed E-state index contributed by atoms with van der Waals surface area (Å²) in [6.45, 7) is 7.85. The summed E-state index contributed by atoms with van der Waals surface area (Å²) in [6.07, 6.45) is 0. The monoisotopic (exact) mass is 326 g/mol. The third kappa shape index (κ3) is 2.57. The summed E-state index contributed by atoms with van der Waals surface area (Å²) in [6, 6.07) is 5.08. The second-order valence-electron chi connectivity index (χ2n) is 5.63. The largest absolute Gasteiger partial charge is 0.494 e. The second kappa shape index (κ2) is 4.61. The Morgan fingerprint density at radius 2 is 1.74 bits per heavy atom. The summed E-state index contributed by atoms with van der Waals surface area (Å²) in [5, 5.41) is 9.13. The van der Waals surface area contributed by atoms with Gasteiger partial charge in [0, 0.05) is 4.47 Å². The number of halogens is 1. The van der Waals surface area contributed by atoms with Crippen LogP contribution in [0.5, 0.6) is 0 Å². The van der Waals surface area contributed by atoms with E-state index in [9.17, 15) is 4.79 Å². The Balaban J connectivity index is 2.35. The van der Waals surface area contributed by atoms with Crippen molar-refractivity contribution in [3.63, 3.8) is 0 Å². The molecule has 0 aromatic heterocycles. The maximum absolute atomic E-state index is 11.1. The Hall–Kier alpha value is -0.845. The average Bonchev–Trinajstić information content (AvgIpc) is 2.48. The topological polar surface area (TPSA) is 55.8 Å². The first kappa shape index (κ1) is 14.6. The SMILES string of the molecule is CC1(C)OB(c2ccc(Br)c(C(=O)O)c2)OC1(C)C.